The van der Waals surface area contributed by atoms with E-state index < -0.39 is 20.9 Å². The topological polar surface area (TPSA) is 63.7 Å². The van der Waals surface area contributed by atoms with Gasteiger partial charge < -0.3 is 9.64 Å². The van der Waals surface area contributed by atoms with Crippen LogP contribution in [0.15, 0.2) is 53.4 Å². The lowest BCUT2D eigenvalue weighted by Crippen LogP contribution is -2.56. The SMILES string of the molecule is COc1ccc(S(=O)(=O)C2CN(C(=O)c3cccc(F)c3)C2)cc1. The fourth-order valence-corrected chi connectivity index (χ4v) is 4.21. The van der Waals surface area contributed by atoms with Crippen molar-refractivity contribution in [1.82, 2.24) is 4.90 Å². The number of hydrogen-bond acceptors (Lipinski definition) is 4. The lowest BCUT2D eigenvalue weighted by atomic mass is 10.1. The molecule has 1 aliphatic heterocycles. The fourth-order valence-electron chi connectivity index (χ4n) is 2.56. The normalized spacial score (nSPS) is 15.0. The monoisotopic (exact) mass is 349 g/mol. The zero-order valence-electron chi connectivity index (χ0n) is 13.0. The molecule has 1 amide bonds. The summed E-state index contributed by atoms with van der Waals surface area (Å²) in [6, 6.07) is 11.5. The molecule has 1 heterocycles. The lowest BCUT2D eigenvalue weighted by molar-refractivity contribution is 0.0658. The number of nitrogens with zero attached hydrogens (tertiary/aromatic N) is 1. The van der Waals surface area contributed by atoms with Crippen LogP contribution in [0.1, 0.15) is 10.4 Å². The van der Waals surface area contributed by atoms with E-state index in [-0.39, 0.29) is 29.5 Å². The van der Waals surface area contributed by atoms with Gasteiger partial charge in [-0.3, -0.25) is 4.79 Å². The molecule has 0 atom stereocenters. The van der Waals surface area contributed by atoms with Gasteiger partial charge in [-0.05, 0) is 42.5 Å². The summed E-state index contributed by atoms with van der Waals surface area (Å²) in [4.78, 5) is 13.8. The summed E-state index contributed by atoms with van der Waals surface area (Å²) < 4.78 is 43.3. The van der Waals surface area contributed by atoms with Crippen molar-refractivity contribution in [3.05, 3.63) is 59.9 Å². The molecule has 0 aromatic heterocycles. The van der Waals surface area contributed by atoms with Crippen molar-refractivity contribution < 1.29 is 22.3 Å². The van der Waals surface area contributed by atoms with E-state index in [0.29, 0.717) is 5.75 Å². The molecular formula is C17H16FNO4S. The second kappa shape index (κ2) is 6.24. The number of carbonyl (C=O) groups excluding carboxylic acids is 1. The summed E-state index contributed by atoms with van der Waals surface area (Å²) in [6.07, 6.45) is 0. The van der Waals surface area contributed by atoms with Crippen molar-refractivity contribution in [3.8, 4) is 5.75 Å². The molecule has 0 N–H and O–H groups in total. The minimum absolute atomic E-state index is 0.101. The number of ether oxygens (including phenoxy) is 1. The third kappa shape index (κ3) is 2.99. The Hall–Kier alpha value is -2.41. The van der Waals surface area contributed by atoms with Gasteiger partial charge in [0.05, 0.1) is 12.0 Å². The number of methoxy groups -OCH3 is 1. The summed E-state index contributed by atoms with van der Waals surface area (Å²) in [5.41, 5.74) is 0.218. The molecular weight excluding hydrogens is 333 g/mol. The predicted octanol–water partition coefficient (Wildman–Crippen LogP) is 2.13. The van der Waals surface area contributed by atoms with Crippen molar-refractivity contribution >= 4 is 15.7 Å². The molecule has 1 aliphatic rings. The number of hydrogen-bond donors (Lipinski definition) is 0. The first-order valence-electron chi connectivity index (χ1n) is 7.34. The molecule has 3 rings (SSSR count). The summed E-state index contributed by atoms with van der Waals surface area (Å²) in [7, 11) is -2.00. The third-order valence-electron chi connectivity index (χ3n) is 4.03. The predicted molar refractivity (Wildman–Crippen MR) is 86.3 cm³/mol. The van der Waals surface area contributed by atoms with Crippen LogP contribution in [0.2, 0.25) is 0 Å². The first kappa shape index (κ1) is 16.4. The summed E-state index contributed by atoms with van der Waals surface area (Å²) in [5, 5.41) is -0.650. The van der Waals surface area contributed by atoms with Crippen LogP contribution in [0, 0.1) is 5.82 Å². The fraction of sp³-hybridized carbons (Fsp3) is 0.235. The number of halogens is 1. The smallest absolute Gasteiger partial charge is 0.254 e. The first-order chi connectivity index (χ1) is 11.4. The van der Waals surface area contributed by atoms with E-state index in [1.54, 1.807) is 12.1 Å². The molecule has 0 aliphatic carbocycles. The van der Waals surface area contributed by atoms with Crippen LogP contribution in [0.5, 0.6) is 5.75 Å². The number of benzene rings is 2. The standard InChI is InChI=1S/C17H16FNO4S/c1-23-14-5-7-15(8-6-14)24(21,22)16-10-19(11-16)17(20)12-3-2-4-13(18)9-12/h2-9,16H,10-11H2,1H3. The molecule has 0 radical (unpaired) electrons. The van der Waals surface area contributed by atoms with Crippen LogP contribution < -0.4 is 4.74 Å². The Morgan fingerprint density at radius 2 is 1.83 bits per heavy atom. The van der Waals surface area contributed by atoms with Crippen LogP contribution >= 0.6 is 0 Å². The van der Waals surface area contributed by atoms with E-state index >= 15 is 0 Å². The average molecular weight is 349 g/mol. The molecule has 0 spiro atoms. The van der Waals surface area contributed by atoms with Crippen LogP contribution in [0.4, 0.5) is 4.39 Å². The van der Waals surface area contributed by atoms with Gasteiger partial charge in [0, 0.05) is 18.7 Å². The number of rotatable bonds is 4. The Labute approximate surface area is 139 Å². The molecule has 1 fully saturated rings. The zero-order valence-corrected chi connectivity index (χ0v) is 13.8. The quantitative estimate of drug-likeness (QED) is 0.848. The van der Waals surface area contributed by atoms with Crippen LogP contribution in [0.25, 0.3) is 0 Å². The molecule has 7 heteroatoms. The van der Waals surface area contributed by atoms with Crippen molar-refractivity contribution in [1.29, 1.82) is 0 Å². The number of carbonyl (C=O) groups is 1. The Morgan fingerprint density at radius 1 is 1.17 bits per heavy atom. The van der Waals surface area contributed by atoms with Gasteiger partial charge in [-0.15, -0.1) is 0 Å². The van der Waals surface area contributed by atoms with Gasteiger partial charge in [-0.1, -0.05) is 6.07 Å². The number of amides is 1. The van der Waals surface area contributed by atoms with E-state index in [1.807, 2.05) is 0 Å². The Balaban J connectivity index is 1.69. The van der Waals surface area contributed by atoms with E-state index in [1.165, 1.54) is 42.3 Å². The van der Waals surface area contributed by atoms with Gasteiger partial charge >= 0.3 is 0 Å². The summed E-state index contributed by atoms with van der Waals surface area (Å²) >= 11 is 0. The summed E-state index contributed by atoms with van der Waals surface area (Å²) in [6.45, 7) is 0.202. The number of likely N-dealkylation sites (tertiary alicyclic amines) is 1. The third-order valence-corrected chi connectivity index (χ3v) is 6.14. The molecule has 2 aromatic carbocycles. The van der Waals surface area contributed by atoms with Crippen LogP contribution in [-0.4, -0.2) is 44.7 Å². The highest BCUT2D eigenvalue weighted by molar-refractivity contribution is 7.92. The van der Waals surface area contributed by atoms with Crippen LogP contribution in [-0.2, 0) is 9.84 Å². The summed E-state index contributed by atoms with van der Waals surface area (Å²) in [5.74, 6) is -0.287. The minimum Gasteiger partial charge on any atom is -0.497 e. The Kier molecular flexibility index (Phi) is 4.28. The molecule has 1 saturated heterocycles. The first-order valence-corrected chi connectivity index (χ1v) is 8.89. The van der Waals surface area contributed by atoms with Gasteiger partial charge in [-0.2, -0.15) is 0 Å². The molecule has 126 valence electrons. The van der Waals surface area contributed by atoms with Gasteiger partial charge in [0.2, 0.25) is 0 Å². The van der Waals surface area contributed by atoms with E-state index in [2.05, 4.69) is 0 Å². The van der Waals surface area contributed by atoms with E-state index in [4.69, 9.17) is 4.74 Å². The molecule has 2 aromatic rings. The van der Waals surface area contributed by atoms with Gasteiger partial charge in [0.15, 0.2) is 9.84 Å². The van der Waals surface area contributed by atoms with E-state index in [0.717, 1.165) is 6.07 Å². The highest BCUT2D eigenvalue weighted by atomic mass is 32.2. The maximum atomic E-state index is 13.2. The van der Waals surface area contributed by atoms with Crippen molar-refractivity contribution in [2.24, 2.45) is 0 Å². The Bertz CT molecular complexity index is 858. The molecule has 24 heavy (non-hydrogen) atoms. The molecule has 0 saturated carbocycles. The van der Waals surface area contributed by atoms with E-state index in [9.17, 15) is 17.6 Å². The minimum atomic E-state index is -3.51. The maximum Gasteiger partial charge on any atom is 0.254 e. The maximum absolute atomic E-state index is 13.2. The van der Waals surface area contributed by atoms with Crippen molar-refractivity contribution in [2.45, 2.75) is 10.1 Å². The molecule has 5 nitrogen and oxygen atoms in total. The largest absolute Gasteiger partial charge is 0.497 e. The second-order valence-corrected chi connectivity index (χ2v) is 7.79. The molecule has 0 unspecified atom stereocenters. The average Bonchev–Trinajstić information content (AvgIpc) is 2.53. The zero-order chi connectivity index (χ0) is 17.3. The number of sulfone groups is 1. The van der Waals surface area contributed by atoms with Crippen molar-refractivity contribution in [3.63, 3.8) is 0 Å². The molecule has 0 bridgehead atoms. The Morgan fingerprint density at radius 3 is 2.42 bits per heavy atom. The van der Waals surface area contributed by atoms with Gasteiger partial charge in [0.1, 0.15) is 16.8 Å². The lowest BCUT2D eigenvalue weighted by Gasteiger charge is -2.38. The van der Waals surface area contributed by atoms with Gasteiger partial charge in [0.25, 0.3) is 5.91 Å². The highest BCUT2D eigenvalue weighted by Gasteiger charge is 2.40. The van der Waals surface area contributed by atoms with Crippen molar-refractivity contribution in [2.75, 3.05) is 20.2 Å². The van der Waals surface area contributed by atoms with Gasteiger partial charge in [-0.25, -0.2) is 12.8 Å². The highest BCUT2D eigenvalue weighted by Crippen LogP contribution is 2.26. The van der Waals surface area contributed by atoms with Crippen LogP contribution in [0.3, 0.4) is 0 Å². The second-order valence-electron chi connectivity index (χ2n) is 5.56.